The zero-order valence-electron chi connectivity index (χ0n) is 9.04. The highest BCUT2D eigenvalue weighted by molar-refractivity contribution is 5.93. The van der Waals surface area contributed by atoms with Gasteiger partial charge in [-0.3, -0.25) is 9.59 Å². The van der Waals surface area contributed by atoms with Gasteiger partial charge in [-0.15, -0.1) is 0 Å². The molecule has 0 unspecified atom stereocenters. The number of nitrogens with zero attached hydrogens (tertiary/aromatic N) is 2. The van der Waals surface area contributed by atoms with E-state index in [4.69, 9.17) is 11.5 Å². The number of nitrogens with two attached hydrogens (primary N) is 2. The number of carbonyl (C=O) groups excluding carboxylic acids is 2. The first kappa shape index (κ1) is 11.0. The monoisotopic (exact) mass is 232 g/mol. The molecule has 88 valence electrons. The highest BCUT2D eigenvalue weighted by Crippen LogP contribution is 2.04. The zero-order chi connectivity index (χ0) is 12.4. The Morgan fingerprint density at radius 3 is 1.65 bits per heavy atom. The molecule has 2 heterocycles. The highest BCUT2D eigenvalue weighted by Gasteiger charge is 2.04. The molecule has 0 saturated heterocycles. The number of primary amides is 2. The lowest BCUT2D eigenvalue weighted by Crippen LogP contribution is -2.11. The van der Waals surface area contributed by atoms with Crippen molar-refractivity contribution in [3.8, 4) is 0 Å². The lowest BCUT2D eigenvalue weighted by atomic mass is 10.3. The van der Waals surface area contributed by atoms with E-state index in [0.29, 0.717) is 17.8 Å². The first-order chi connectivity index (χ1) is 8.06. The van der Waals surface area contributed by atoms with Crippen molar-refractivity contribution in [1.29, 1.82) is 0 Å². The normalized spacial score (nSPS) is 10.4. The second kappa shape index (κ2) is 4.17. The number of hydrogen-bond donors (Lipinski definition) is 2. The molecular formula is C11H12N4O2. The maximum Gasteiger partial charge on any atom is 0.250 e. The third-order valence-corrected chi connectivity index (χ3v) is 2.40. The molecule has 0 aliphatic heterocycles. The van der Waals surface area contributed by atoms with Crippen molar-refractivity contribution in [1.82, 2.24) is 9.13 Å². The molecule has 0 bridgehead atoms. The van der Waals surface area contributed by atoms with Crippen LogP contribution in [0.5, 0.6) is 0 Å². The average Bonchev–Trinajstić information content (AvgIpc) is 2.87. The molecular weight excluding hydrogens is 220 g/mol. The van der Waals surface area contributed by atoms with E-state index in [1.165, 1.54) is 0 Å². The molecule has 2 aromatic rings. The Morgan fingerprint density at radius 1 is 0.941 bits per heavy atom. The Kier molecular flexibility index (Phi) is 2.70. The molecule has 4 N–H and O–H groups in total. The largest absolute Gasteiger partial charge is 0.366 e. The molecule has 0 saturated carbocycles. The second-order valence-corrected chi connectivity index (χ2v) is 3.70. The van der Waals surface area contributed by atoms with Gasteiger partial charge >= 0.3 is 0 Å². The Balaban J connectivity index is 2.13. The van der Waals surface area contributed by atoms with Crippen LogP contribution in [0.15, 0.2) is 36.9 Å². The van der Waals surface area contributed by atoms with Gasteiger partial charge in [0.2, 0.25) is 11.8 Å². The number of carbonyl (C=O) groups is 2. The number of aromatic nitrogens is 2. The van der Waals surface area contributed by atoms with E-state index in [9.17, 15) is 9.59 Å². The van der Waals surface area contributed by atoms with Crippen LogP contribution in [0.3, 0.4) is 0 Å². The van der Waals surface area contributed by atoms with Gasteiger partial charge in [-0.2, -0.15) is 0 Å². The van der Waals surface area contributed by atoms with Crippen molar-refractivity contribution < 1.29 is 9.59 Å². The van der Waals surface area contributed by atoms with Crippen LogP contribution in [0, 0.1) is 0 Å². The van der Waals surface area contributed by atoms with Crippen molar-refractivity contribution >= 4 is 11.8 Å². The Labute approximate surface area is 97.4 Å². The van der Waals surface area contributed by atoms with Crippen LogP contribution in [0.1, 0.15) is 20.7 Å². The molecule has 2 amide bonds. The van der Waals surface area contributed by atoms with Crippen LogP contribution in [-0.2, 0) is 6.67 Å². The molecule has 0 radical (unpaired) electrons. The van der Waals surface area contributed by atoms with E-state index in [2.05, 4.69) is 0 Å². The number of rotatable bonds is 4. The van der Waals surface area contributed by atoms with Gasteiger partial charge in [0, 0.05) is 24.8 Å². The molecule has 0 aliphatic rings. The molecule has 0 aliphatic carbocycles. The molecule has 0 atom stereocenters. The van der Waals surface area contributed by atoms with Gasteiger partial charge in [-0.25, -0.2) is 0 Å². The minimum Gasteiger partial charge on any atom is -0.366 e. The Bertz CT molecular complexity index is 517. The van der Waals surface area contributed by atoms with E-state index in [0.717, 1.165) is 0 Å². The Hall–Kier alpha value is -2.50. The molecule has 6 nitrogen and oxygen atoms in total. The summed E-state index contributed by atoms with van der Waals surface area (Å²) in [7, 11) is 0. The fraction of sp³-hybridized carbons (Fsp3) is 0.0909. The van der Waals surface area contributed by atoms with E-state index in [-0.39, 0.29) is 0 Å². The van der Waals surface area contributed by atoms with Crippen LogP contribution < -0.4 is 11.5 Å². The van der Waals surface area contributed by atoms with Crippen LogP contribution in [0.25, 0.3) is 0 Å². The van der Waals surface area contributed by atoms with E-state index >= 15 is 0 Å². The molecule has 2 rings (SSSR count). The van der Waals surface area contributed by atoms with Crippen LogP contribution >= 0.6 is 0 Å². The van der Waals surface area contributed by atoms with Crippen LogP contribution in [0.2, 0.25) is 0 Å². The summed E-state index contributed by atoms with van der Waals surface area (Å²) < 4.78 is 3.57. The van der Waals surface area contributed by atoms with E-state index in [1.807, 2.05) is 0 Å². The second-order valence-electron chi connectivity index (χ2n) is 3.70. The summed E-state index contributed by atoms with van der Waals surface area (Å²) in [6.07, 6.45) is 6.77. The van der Waals surface area contributed by atoms with Gasteiger partial charge in [-0.1, -0.05) is 0 Å². The van der Waals surface area contributed by atoms with Gasteiger partial charge in [0.25, 0.3) is 0 Å². The van der Waals surface area contributed by atoms with Crippen molar-refractivity contribution in [2.24, 2.45) is 11.5 Å². The standard InChI is InChI=1S/C11H12N4O2/c12-10(16)8-1-3-14(5-8)7-15-4-2-9(6-15)11(13)17/h1-6H,7H2,(H2,12,16)(H2,13,17). The quantitative estimate of drug-likeness (QED) is 0.775. The van der Waals surface area contributed by atoms with Crippen molar-refractivity contribution in [3.05, 3.63) is 48.0 Å². The lowest BCUT2D eigenvalue weighted by Gasteiger charge is -2.03. The SMILES string of the molecule is NC(=O)c1ccn(Cn2ccc(C(N)=O)c2)c1. The summed E-state index contributed by atoms with van der Waals surface area (Å²) in [5.74, 6) is -0.928. The molecule has 0 aromatic carbocycles. The first-order valence-electron chi connectivity index (χ1n) is 4.97. The Morgan fingerprint density at radius 2 is 1.35 bits per heavy atom. The van der Waals surface area contributed by atoms with Crippen molar-refractivity contribution in [2.75, 3.05) is 0 Å². The number of hydrogen-bond acceptors (Lipinski definition) is 2. The summed E-state index contributed by atoms with van der Waals surface area (Å²) >= 11 is 0. The van der Waals surface area contributed by atoms with E-state index in [1.54, 1.807) is 46.1 Å². The summed E-state index contributed by atoms with van der Waals surface area (Å²) in [6.45, 7) is 0.487. The fourth-order valence-corrected chi connectivity index (χ4v) is 1.54. The van der Waals surface area contributed by atoms with Crippen LogP contribution in [0.4, 0.5) is 0 Å². The maximum atomic E-state index is 10.9. The zero-order valence-corrected chi connectivity index (χ0v) is 9.04. The van der Waals surface area contributed by atoms with Gasteiger partial charge in [0.05, 0.1) is 17.8 Å². The molecule has 0 spiro atoms. The average molecular weight is 232 g/mol. The minimum atomic E-state index is -0.464. The van der Waals surface area contributed by atoms with Crippen LogP contribution in [-0.4, -0.2) is 20.9 Å². The summed E-state index contributed by atoms with van der Waals surface area (Å²) in [5, 5.41) is 0. The highest BCUT2D eigenvalue weighted by atomic mass is 16.1. The van der Waals surface area contributed by atoms with Gasteiger partial charge in [0.1, 0.15) is 0 Å². The van der Waals surface area contributed by atoms with Crippen molar-refractivity contribution in [2.45, 2.75) is 6.67 Å². The predicted molar refractivity (Wildman–Crippen MR) is 61.3 cm³/mol. The smallest absolute Gasteiger partial charge is 0.250 e. The van der Waals surface area contributed by atoms with Crippen molar-refractivity contribution in [3.63, 3.8) is 0 Å². The van der Waals surface area contributed by atoms with E-state index < -0.39 is 11.8 Å². The van der Waals surface area contributed by atoms with Gasteiger partial charge in [-0.05, 0) is 12.1 Å². The minimum absolute atomic E-state index is 0.451. The lowest BCUT2D eigenvalue weighted by molar-refractivity contribution is 0.0992. The number of amides is 2. The topological polar surface area (TPSA) is 96.0 Å². The maximum absolute atomic E-state index is 10.9. The van der Waals surface area contributed by atoms with Gasteiger partial charge in [0.15, 0.2) is 0 Å². The van der Waals surface area contributed by atoms with Gasteiger partial charge < -0.3 is 20.6 Å². The fourth-order valence-electron chi connectivity index (χ4n) is 1.54. The summed E-state index contributed by atoms with van der Waals surface area (Å²) in [6, 6.07) is 3.28. The predicted octanol–water partition coefficient (Wildman–Crippen LogP) is -0.00680. The molecule has 2 aromatic heterocycles. The third-order valence-electron chi connectivity index (χ3n) is 2.40. The molecule has 0 fully saturated rings. The summed E-state index contributed by atoms with van der Waals surface area (Å²) in [4.78, 5) is 21.8. The third kappa shape index (κ3) is 2.36. The molecule has 6 heteroatoms. The first-order valence-corrected chi connectivity index (χ1v) is 4.97. The molecule has 17 heavy (non-hydrogen) atoms. The summed E-state index contributed by atoms with van der Waals surface area (Å²) in [5.41, 5.74) is 11.2.